The Balaban J connectivity index is 1.86. The molecule has 3 rings (SSSR count). The van der Waals surface area contributed by atoms with Crippen LogP contribution in [0.3, 0.4) is 0 Å². The van der Waals surface area contributed by atoms with Crippen molar-refractivity contribution < 1.29 is 12.6 Å². The third-order valence-electron chi connectivity index (χ3n) is 5.24. The monoisotopic (exact) mass is 425 g/mol. The molecule has 25 heavy (non-hydrogen) atoms. The molecule has 0 N–H and O–H groups in total. The van der Waals surface area contributed by atoms with Crippen LogP contribution in [0.15, 0.2) is 30.3 Å². The minimum absolute atomic E-state index is 0.158. The van der Waals surface area contributed by atoms with Gasteiger partial charge in [0.05, 0.1) is 0 Å². The zero-order chi connectivity index (χ0) is 18.1. The van der Waals surface area contributed by atoms with E-state index in [1.54, 1.807) is 0 Å². The van der Waals surface area contributed by atoms with E-state index in [0.29, 0.717) is 6.54 Å². The van der Waals surface area contributed by atoms with Crippen molar-refractivity contribution in [3.8, 4) is 0 Å². The Labute approximate surface area is 164 Å². The predicted molar refractivity (Wildman–Crippen MR) is 101 cm³/mol. The van der Waals surface area contributed by atoms with E-state index in [1.165, 1.54) is 4.31 Å². The van der Waals surface area contributed by atoms with E-state index in [0.717, 1.165) is 44.1 Å². The average molecular weight is 427 g/mol. The summed E-state index contributed by atoms with van der Waals surface area (Å²) in [4.78, 5) is 0. The summed E-state index contributed by atoms with van der Waals surface area (Å²) in [6.45, 7) is -0.0746. The summed E-state index contributed by atoms with van der Waals surface area (Å²) in [7, 11) is -3.96. The van der Waals surface area contributed by atoms with E-state index in [4.69, 9.17) is 39.0 Å². The van der Waals surface area contributed by atoms with Crippen molar-refractivity contribution in [3.05, 3.63) is 35.9 Å². The summed E-state index contributed by atoms with van der Waals surface area (Å²) in [5.74, 6) is 0.158. The number of halogens is 3. The molecule has 0 amide bonds. The van der Waals surface area contributed by atoms with Gasteiger partial charge in [-0.05, 0) is 30.7 Å². The smallest absolute Gasteiger partial charge is 0.253 e. The Morgan fingerprint density at radius 1 is 1.12 bits per heavy atom. The molecule has 140 valence electrons. The zero-order valence-corrected chi connectivity index (χ0v) is 16.9. The van der Waals surface area contributed by atoms with Gasteiger partial charge >= 0.3 is 10.3 Å². The largest absolute Gasteiger partial charge is 0.339 e. The van der Waals surface area contributed by atoms with Crippen LogP contribution in [0.4, 0.5) is 0 Å². The fraction of sp³-hybridized carbons (Fsp3) is 0.647. The van der Waals surface area contributed by atoms with Crippen LogP contribution < -0.4 is 0 Å². The van der Waals surface area contributed by atoms with Gasteiger partial charge < -0.3 is 0 Å². The summed E-state index contributed by atoms with van der Waals surface area (Å²) >= 11 is 17.0. The van der Waals surface area contributed by atoms with Gasteiger partial charge in [0, 0.05) is 12.1 Å². The maximum atomic E-state index is 12.9. The standard InChI is InChI=1S/C17H22Cl3NO3S/c18-17(19,20)13-24-25(22,23)21-12-15(14-7-3-1-4-8-14)11-16(21)9-5-2-6-10-16/h1,3-4,7-8,15H,2,5-6,9-13H2. The summed E-state index contributed by atoms with van der Waals surface area (Å²) in [5.41, 5.74) is 0.775. The minimum Gasteiger partial charge on any atom is -0.253 e. The number of hydrogen-bond donors (Lipinski definition) is 0. The topological polar surface area (TPSA) is 46.6 Å². The Morgan fingerprint density at radius 3 is 2.36 bits per heavy atom. The van der Waals surface area contributed by atoms with E-state index < -0.39 is 20.7 Å². The van der Waals surface area contributed by atoms with Crippen molar-refractivity contribution in [1.29, 1.82) is 0 Å². The van der Waals surface area contributed by atoms with Gasteiger partial charge in [-0.1, -0.05) is 84.4 Å². The molecule has 2 aliphatic rings. The van der Waals surface area contributed by atoms with Gasteiger partial charge in [-0.2, -0.15) is 12.7 Å². The van der Waals surface area contributed by atoms with E-state index in [2.05, 4.69) is 12.1 Å². The van der Waals surface area contributed by atoms with Gasteiger partial charge in [0.1, 0.15) is 6.61 Å². The predicted octanol–water partition coefficient (Wildman–Crippen LogP) is 4.81. The molecule has 0 aromatic heterocycles. The van der Waals surface area contributed by atoms with Crippen molar-refractivity contribution >= 4 is 45.1 Å². The summed E-state index contributed by atoms with van der Waals surface area (Å²) in [6, 6.07) is 10.0. The Morgan fingerprint density at radius 2 is 1.76 bits per heavy atom. The van der Waals surface area contributed by atoms with Crippen LogP contribution in [0.5, 0.6) is 0 Å². The lowest BCUT2D eigenvalue weighted by Gasteiger charge is -2.40. The fourth-order valence-electron chi connectivity index (χ4n) is 4.16. The SMILES string of the molecule is O=S(=O)(OCC(Cl)(Cl)Cl)N1CC(c2ccccc2)CC12CCCCC2. The highest BCUT2D eigenvalue weighted by molar-refractivity contribution is 7.84. The van der Waals surface area contributed by atoms with Crippen LogP contribution in [-0.2, 0) is 14.5 Å². The van der Waals surface area contributed by atoms with Crippen LogP contribution >= 0.6 is 34.8 Å². The van der Waals surface area contributed by atoms with E-state index in [-0.39, 0.29) is 11.5 Å². The molecule has 0 bridgehead atoms. The minimum atomic E-state index is -3.96. The molecule has 1 unspecified atom stereocenters. The Bertz CT molecular complexity index is 685. The first-order valence-electron chi connectivity index (χ1n) is 8.51. The number of alkyl halides is 3. The normalized spacial score (nSPS) is 24.7. The molecule has 1 spiro atoms. The fourth-order valence-corrected chi connectivity index (χ4v) is 6.07. The summed E-state index contributed by atoms with van der Waals surface area (Å²) in [6.07, 6.45) is 5.71. The molecule has 8 heteroatoms. The average Bonchev–Trinajstić information content (AvgIpc) is 2.94. The molecule has 1 aromatic carbocycles. The molecule has 2 fully saturated rings. The van der Waals surface area contributed by atoms with Crippen LogP contribution in [0.25, 0.3) is 0 Å². The van der Waals surface area contributed by atoms with Crippen molar-refractivity contribution in [1.82, 2.24) is 4.31 Å². The van der Waals surface area contributed by atoms with Crippen LogP contribution in [-0.4, -0.2) is 35.2 Å². The number of nitrogens with zero attached hydrogens (tertiary/aromatic N) is 1. The van der Waals surface area contributed by atoms with Gasteiger partial charge in [0.15, 0.2) is 0 Å². The first-order valence-corrected chi connectivity index (χ1v) is 11.0. The third-order valence-corrected chi connectivity index (χ3v) is 7.06. The van der Waals surface area contributed by atoms with Gasteiger partial charge in [-0.15, -0.1) is 0 Å². The third kappa shape index (κ3) is 4.63. The highest BCUT2D eigenvalue weighted by Gasteiger charge is 2.52. The zero-order valence-electron chi connectivity index (χ0n) is 13.8. The molecule has 0 radical (unpaired) electrons. The second-order valence-corrected chi connectivity index (χ2v) is 11.0. The molecular weight excluding hydrogens is 405 g/mol. The molecule has 1 saturated heterocycles. The highest BCUT2D eigenvalue weighted by atomic mass is 35.6. The van der Waals surface area contributed by atoms with Crippen molar-refractivity contribution in [2.24, 2.45) is 0 Å². The molecule has 4 nitrogen and oxygen atoms in total. The number of benzene rings is 1. The van der Waals surface area contributed by atoms with Crippen molar-refractivity contribution in [3.63, 3.8) is 0 Å². The van der Waals surface area contributed by atoms with Crippen molar-refractivity contribution in [2.75, 3.05) is 13.2 Å². The lowest BCUT2D eigenvalue weighted by Crippen LogP contribution is -2.49. The van der Waals surface area contributed by atoms with Gasteiger partial charge in [0.25, 0.3) is 0 Å². The summed E-state index contributed by atoms with van der Waals surface area (Å²) in [5, 5.41) is 0. The maximum absolute atomic E-state index is 12.9. The van der Waals surface area contributed by atoms with Gasteiger partial charge in [-0.3, -0.25) is 4.18 Å². The van der Waals surface area contributed by atoms with Crippen LogP contribution in [0, 0.1) is 0 Å². The Hall–Kier alpha value is -0.0400. The van der Waals surface area contributed by atoms with Crippen LogP contribution in [0.2, 0.25) is 0 Å². The van der Waals surface area contributed by atoms with Crippen LogP contribution in [0.1, 0.15) is 50.0 Å². The highest BCUT2D eigenvalue weighted by Crippen LogP contribution is 2.48. The molecule has 1 saturated carbocycles. The molecule has 1 aromatic rings. The van der Waals surface area contributed by atoms with E-state index in [9.17, 15) is 8.42 Å². The number of rotatable bonds is 4. The van der Waals surface area contributed by atoms with Gasteiger partial charge in [0.2, 0.25) is 3.79 Å². The molecule has 1 aliphatic carbocycles. The molecule has 1 atom stereocenters. The maximum Gasteiger partial charge on any atom is 0.339 e. The second kappa shape index (κ2) is 7.53. The molecule has 1 heterocycles. The van der Waals surface area contributed by atoms with E-state index >= 15 is 0 Å². The first kappa shape index (κ1) is 19.7. The lowest BCUT2D eigenvalue weighted by molar-refractivity contribution is 0.148. The molecule has 1 aliphatic heterocycles. The summed E-state index contributed by atoms with van der Waals surface area (Å²) < 4.78 is 30.6. The number of hydrogen-bond acceptors (Lipinski definition) is 3. The quantitative estimate of drug-likeness (QED) is 0.649. The van der Waals surface area contributed by atoms with E-state index in [1.807, 2.05) is 18.2 Å². The molecular formula is C17H22Cl3NO3S. The van der Waals surface area contributed by atoms with Crippen molar-refractivity contribution in [2.45, 2.75) is 53.8 Å². The lowest BCUT2D eigenvalue weighted by atomic mass is 9.78. The Kier molecular flexibility index (Phi) is 5.94. The van der Waals surface area contributed by atoms with Gasteiger partial charge in [-0.25, -0.2) is 0 Å². The first-order chi connectivity index (χ1) is 11.7. The second-order valence-electron chi connectivity index (χ2n) is 6.96.